The van der Waals surface area contributed by atoms with Gasteiger partial charge in [-0.3, -0.25) is 4.79 Å². The summed E-state index contributed by atoms with van der Waals surface area (Å²) in [5.74, 6) is 1.17. The minimum Gasteiger partial charge on any atom is -0.496 e. The van der Waals surface area contributed by atoms with Crippen LogP contribution in [0.15, 0.2) is 18.2 Å². The average Bonchev–Trinajstić information content (AvgIpc) is 3.18. The van der Waals surface area contributed by atoms with E-state index in [2.05, 4.69) is 0 Å². The molecule has 1 aliphatic carbocycles. The molecule has 1 aromatic rings. The van der Waals surface area contributed by atoms with Crippen LogP contribution < -0.4 is 10.5 Å². The van der Waals surface area contributed by atoms with Gasteiger partial charge in [0.15, 0.2) is 0 Å². The second-order valence-corrected chi connectivity index (χ2v) is 5.42. The van der Waals surface area contributed by atoms with Crippen LogP contribution in [0.3, 0.4) is 0 Å². The van der Waals surface area contributed by atoms with E-state index < -0.39 is 0 Å². The van der Waals surface area contributed by atoms with Gasteiger partial charge in [0.1, 0.15) is 11.3 Å². The number of amides is 1. The Bertz CT molecular complexity index is 467. The number of nitrogens with zero attached hydrogens (tertiary/aromatic N) is 1. The summed E-state index contributed by atoms with van der Waals surface area (Å²) < 4.78 is 5.27. The maximum absolute atomic E-state index is 12.7. The number of carbonyl (C=O) groups is 1. The van der Waals surface area contributed by atoms with Gasteiger partial charge >= 0.3 is 0 Å². The van der Waals surface area contributed by atoms with Crippen LogP contribution in [-0.4, -0.2) is 30.5 Å². The van der Waals surface area contributed by atoms with Crippen LogP contribution in [0, 0.1) is 5.92 Å². The zero-order chi connectivity index (χ0) is 14.0. The third-order valence-corrected chi connectivity index (χ3v) is 3.53. The number of methoxy groups -OCH3 is 1. The number of carbonyl (C=O) groups excluding carboxylic acids is 1. The van der Waals surface area contributed by atoms with E-state index in [9.17, 15) is 4.79 Å². The molecule has 0 saturated heterocycles. The van der Waals surface area contributed by atoms with E-state index in [1.165, 1.54) is 12.8 Å². The number of nitrogen functional groups attached to an aromatic ring is 1. The van der Waals surface area contributed by atoms with Crippen molar-refractivity contribution in [2.75, 3.05) is 19.4 Å². The maximum Gasteiger partial charge on any atom is 0.259 e. The predicted molar refractivity (Wildman–Crippen MR) is 76.3 cm³/mol. The van der Waals surface area contributed by atoms with E-state index in [0.717, 1.165) is 6.54 Å². The molecule has 1 amide bonds. The Labute approximate surface area is 114 Å². The summed E-state index contributed by atoms with van der Waals surface area (Å²) >= 11 is 0. The predicted octanol–water partition coefficient (Wildman–Crippen LogP) is 2.54. The fraction of sp³-hybridized carbons (Fsp3) is 0.533. The molecule has 0 heterocycles. The molecule has 1 aliphatic rings. The third kappa shape index (κ3) is 3.00. The van der Waals surface area contributed by atoms with Crippen molar-refractivity contribution in [3.8, 4) is 5.75 Å². The summed E-state index contributed by atoms with van der Waals surface area (Å²) in [5, 5.41) is 0. The molecule has 4 nitrogen and oxygen atoms in total. The Morgan fingerprint density at radius 1 is 1.47 bits per heavy atom. The van der Waals surface area contributed by atoms with Crippen molar-refractivity contribution >= 4 is 11.6 Å². The SMILES string of the molecule is COc1cccc(N)c1C(=O)N(CC1CC1)C(C)C. The van der Waals surface area contributed by atoms with Crippen molar-refractivity contribution in [3.63, 3.8) is 0 Å². The summed E-state index contributed by atoms with van der Waals surface area (Å²) in [6.45, 7) is 4.88. The lowest BCUT2D eigenvalue weighted by atomic mass is 10.1. The molecule has 0 atom stereocenters. The van der Waals surface area contributed by atoms with Crippen LogP contribution in [0.2, 0.25) is 0 Å². The number of benzene rings is 1. The van der Waals surface area contributed by atoms with Crippen LogP contribution >= 0.6 is 0 Å². The molecule has 0 aliphatic heterocycles. The van der Waals surface area contributed by atoms with Gasteiger partial charge in [-0.1, -0.05) is 6.07 Å². The van der Waals surface area contributed by atoms with Crippen molar-refractivity contribution in [1.29, 1.82) is 0 Å². The molecule has 0 aromatic heterocycles. The van der Waals surface area contributed by atoms with E-state index in [1.807, 2.05) is 18.7 Å². The molecule has 0 unspecified atom stereocenters. The summed E-state index contributed by atoms with van der Waals surface area (Å²) in [5.41, 5.74) is 6.92. The van der Waals surface area contributed by atoms with E-state index in [0.29, 0.717) is 22.9 Å². The standard InChI is InChI=1S/C15H22N2O2/c1-10(2)17(9-11-7-8-11)15(18)14-12(16)5-4-6-13(14)19-3/h4-6,10-11H,7-9,16H2,1-3H3. The Morgan fingerprint density at radius 3 is 2.68 bits per heavy atom. The van der Waals surface area contributed by atoms with Crippen molar-refractivity contribution in [1.82, 2.24) is 4.90 Å². The van der Waals surface area contributed by atoms with E-state index >= 15 is 0 Å². The van der Waals surface area contributed by atoms with Crippen LogP contribution in [-0.2, 0) is 0 Å². The third-order valence-electron chi connectivity index (χ3n) is 3.53. The van der Waals surface area contributed by atoms with E-state index in [1.54, 1.807) is 25.3 Å². The first-order valence-electron chi connectivity index (χ1n) is 6.78. The largest absolute Gasteiger partial charge is 0.496 e. The normalized spacial score (nSPS) is 14.5. The lowest BCUT2D eigenvalue weighted by Gasteiger charge is -2.28. The highest BCUT2D eigenvalue weighted by Crippen LogP contribution is 2.32. The van der Waals surface area contributed by atoms with Crippen LogP contribution in [0.4, 0.5) is 5.69 Å². The van der Waals surface area contributed by atoms with Gasteiger partial charge < -0.3 is 15.4 Å². The molecule has 2 rings (SSSR count). The van der Waals surface area contributed by atoms with Gasteiger partial charge in [-0.25, -0.2) is 0 Å². The molecule has 104 valence electrons. The van der Waals surface area contributed by atoms with Crippen molar-refractivity contribution in [3.05, 3.63) is 23.8 Å². The molecule has 1 aromatic carbocycles. The maximum atomic E-state index is 12.7. The first-order valence-corrected chi connectivity index (χ1v) is 6.78. The second-order valence-electron chi connectivity index (χ2n) is 5.42. The molecule has 19 heavy (non-hydrogen) atoms. The molecule has 0 spiro atoms. The first kappa shape index (κ1) is 13.7. The Kier molecular flexibility index (Phi) is 3.98. The topological polar surface area (TPSA) is 55.6 Å². The van der Waals surface area contributed by atoms with Gasteiger partial charge in [-0.2, -0.15) is 0 Å². The molecule has 0 radical (unpaired) electrons. The molecule has 1 saturated carbocycles. The monoisotopic (exact) mass is 262 g/mol. The summed E-state index contributed by atoms with van der Waals surface area (Å²) in [4.78, 5) is 14.6. The Morgan fingerprint density at radius 2 is 2.16 bits per heavy atom. The lowest BCUT2D eigenvalue weighted by Crippen LogP contribution is -2.39. The molecule has 4 heteroatoms. The first-order chi connectivity index (χ1) is 9.04. The number of hydrogen-bond donors (Lipinski definition) is 1. The van der Waals surface area contributed by atoms with Crippen LogP contribution in [0.25, 0.3) is 0 Å². The van der Waals surface area contributed by atoms with Gasteiger partial charge in [0.2, 0.25) is 0 Å². The zero-order valence-electron chi connectivity index (χ0n) is 11.8. The minimum atomic E-state index is -0.0307. The highest BCUT2D eigenvalue weighted by atomic mass is 16.5. The van der Waals surface area contributed by atoms with Crippen LogP contribution in [0.5, 0.6) is 5.75 Å². The smallest absolute Gasteiger partial charge is 0.259 e. The zero-order valence-corrected chi connectivity index (χ0v) is 11.8. The molecule has 1 fully saturated rings. The van der Waals surface area contributed by atoms with Gasteiger partial charge in [0.25, 0.3) is 5.91 Å². The highest BCUT2D eigenvalue weighted by Gasteiger charge is 2.30. The fourth-order valence-corrected chi connectivity index (χ4v) is 2.20. The number of nitrogens with two attached hydrogens (primary N) is 1. The van der Waals surface area contributed by atoms with Crippen molar-refractivity contribution < 1.29 is 9.53 Å². The number of rotatable bonds is 5. The van der Waals surface area contributed by atoms with Gasteiger partial charge in [-0.05, 0) is 44.7 Å². The van der Waals surface area contributed by atoms with Crippen molar-refractivity contribution in [2.45, 2.75) is 32.7 Å². The van der Waals surface area contributed by atoms with Gasteiger partial charge in [-0.15, -0.1) is 0 Å². The van der Waals surface area contributed by atoms with Gasteiger partial charge in [0.05, 0.1) is 7.11 Å². The van der Waals surface area contributed by atoms with Crippen LogP contribution in [0.1, 0.15) is 37.0 Å². The Balaban J connectivity index is 2.30. The number of anilines is 1. The number of ether oxygens (including phenoxy) is 1. The molecule has 0 bridgehead atoms. The average molecular weight is 262 g/mol. The highest BCUT2D eigenvalue weighted by molar-refractivity contribution is 6.02. The van der Waals surface area contributed by atoms with E-state index in [-0.39, 0.29) is 11.9 Å². The minimum absolute atomic E-state index is 0.0307. The lowest BCUT2D eigenvalue weighted by molar-refractivity contribution is 0.0694. The van der Waals surface area contributed by atoms with Gasteiger partial charge in [0, 0.05) is 18.3 Å². The number of hydrogen-bond acceptors (Lipinski definition) is 3. The fourth-order valence-electron chi connectivity index (χ4n) is 2.20. The second kappa shape index (κ2) is 5.51. The summed E-state index contributed by atoms with van der Waals surface area (Å²) in [6, 6.07) is 5.48. The summed E-state index contributed by atoms with van der Waals surface area (Å²) in [7, 11) is 1.56. The molecular formula is C15H22N2O2. The van der Waals surface area contributed by atoms with E-state index in [4.69, 9.17) is 10.5 Å². The van der Waals surface area contributed by atoms with Crippen molar-refractivity contribution in [2.24, 2.45) is 5.92 Å². The summed E-state index contributed by atoms with van der Waals surface area (Å²) in [6.07, 6.45) is 2.44. The molecular weight excluding hydrogens is 240 g/mol. The molecule has 2 N–H and O–H groups in total. The quantitative estimate of drug-likeness (QED) is 0.830. The Hall–Kier alpha value is -1.71.